The summed E-state index contributed by atoms with van der Waals surface area (Å²) in [6.45, 7) is 2.10. The van der Waals surface area contributed by atoms with Gasteiger partial charge in [-0.05, 0) is 36.4 Å². The van der Waals surface area contributed by atoms with Crippen LogP contribution in [0.5, 0.6) is 23.0 Å². The lowest BCUT2D eigenvalue weighted by atomic mass is 10.3. The number of benzene rings is 2. The van der Waals surface area contributed by atoms with Crippen molar-refractivity contribution in [1.29, 1.82) is 0 Å². The van der Waals surface area contributed by atoms with Gasteiger partial charge in [0.1, 0.15) is 19.0 Å². The van der Waals surface area contributed by atoms with Crippen molar-refractivity contribution in [1.82, 2.24) is 4.31 Å². The molecule has 0 spiro atoms. The first-order valence-corrected chi connectivity index (χ1v) is 10.6. The van der Waals surface area contributed by atoms with Crippen molar-refractivity contribution in [3.8, 4) is 23.0 Å². The smallest absolute Gasteiger partial charge is 0.243 e. The molecular formula is C20H25NO7S. The minimum Gasteiger partial charge on any atom is -0.493 e. The number of rotatable bonds is 9. The van der Waals surface area contributed by atoms with E-state index in [1.807, 2.05) is 6.07 Å². The number of sulfonamides is 1. The van der Waals surface area contributed by atoms with E-state index in [0.29, 0.717) is 49.3 Å². The molecule has 0 unspecified atom stereocenters. The quantitative estimate of drug-likeness (QED) is 0.572. The van der Waals surface area contributed by atoms with E-state index in [-0.39, 0.29) is 18.1 Å². The van der Waals surface area contributed by atoms with Crippen LogP contribution in [0.1, 0.15) is 0 Å². The van der Waals surface area contributed by atoms with Crippen LogP contribution in [0.2, 0.25) is 0 Å². The van der Waals surface area contributed by atoms with Gasteiger partial charge in [-0.1, -0.05) is 6.07 Å². The minimum atomic E-state index is -3.51. The topological polar surface area (TPSA) is 83.5 Å². The largest absolute Gasteiger partial charge is 0.493 e. The molecule has 1 fully saturated rings. The SMILES string of the molecule is COc1cccc(OC)c1OCCOc1ccc(S(=O)(=O)N2CCOCC2)cc1. The van der Waals surface area contributed by atoms with Gasteiger partial charge in [0.25, 0.3) is 0 Å². The first-order chi connectivity index (χ1) is 14.1. The first-order valence-electron chi connectivity index (χ1n) is 9.21. The summed E-state index contributed by atoms with van der Waals surface area (Å²) in [5, 5.41) is 0. The molecule has 3 rings (SSSR count). The van der Waals surface area contributed by atoms with Gasteiger partial charge in [0.15, 0.2) is 11.5 Å². The average Bonchev–Trinajstić information content (AvgIpc) is 2.77. The van der Waals surface area contributed by atoms with Gasteiger partial charge < -0.3 is 23.7 Å². The summed E-state index contributed by atoms with van der Waals surface area (Å²) in [6.07, 6.45) is 0. The summed E-state index contributed by atoms with van der Waals surface area (Å²) in [5.74, 6) is 2.21. The monoisotopic (exact) mass is 423 g/mol. The van der Waals surface area contributed by atoms with E-state index in [1.165, 1.54) is 4.31 Å². The van der Waals surface area contributed by atoms with Crippen LogP contribution < -0.4 is 18.9 Å². The van der Waals surface area contributed by atoms with Gasteiger partial charge >= 0.3 is 0 Å². The van der Waals surface area contributed by atoms with Crippen LogP contribution in [0, 0.1) is 0 Å². The standard InChI is InChI=1S/C20H25NO7S/c1-24-18-4-3-5-19(25-2)20(18)28-15-14-27-16-6-8-17(9-7-16)29(22,23)21-10-12-26-13-11-21/h3-9H,10-15H2,1-2H3. The Morgan fingerprint density at radius 2 is 1.48 bits per heavy atom. The van der Waals surface area contributed by atoms with Crippen molar-refractivity contribution in [2.24, 2.45) is 0 Å². The molecule has 2 aromatic carbocycles. The number of ether oxygens (including phenoxy) is 5. The normalized spacial score (nSPS) is 15.0. The Morgan fingerprint density at radius 1 is 0.897 bits per heavy atom. The third-order valence-corrected chi connectivity index (χ3v) is 6.33. The number of morpholine rings is 1. The molecule has 0 radical (unpaired) electrons. The molecule has 0 bridgehead atoms. The molecule has 0 amide bonds. The fourth-order valence-electron chi connectivity index (χ4n) is 2.91. The van der Waals surface area contributed by atoms with Crippen LogP contribution in [-0.2, 0) is 14.8 Å². The average molecular weight is 423 g/mol. The van der Waals surface area contributed by atoms with Crippen LogP contribution in [0.3, 0.4) is 0 Å². The minimum absolute atomic E-state index is 0.238. The highest BCUT2D eigenvalue weighted by Crippen LogP contribution is 2.36. The molecule has 29 heavy (non-hydrogen) atoms. The summed E-state index contributed by atoms with van der Waals surface area (Å²) in [7, 11) is -0.390. The zero-order chi connectivity index (χ0) is 20.7. The van der Waals surface area contributed by atoms with Crippen molar-refractivity contribution in [2.45, 2.75) is 4.90 Å². The van der Waals surface area contributed by atoms with E-state index in [4.69, 9.17) is 23.7 Å². The van der Waals surface area contributed by atoms with E-state index in [1.54, 1.807) is 50.6 Å². The van der Waals surface area contributed by atoms with Gasteiger partial charge in [0, 0.05) is 13.1 Å². The van der Waals surface area contributed by atoms with E-state index in [9.17, 15) is 8.42 Å². The highest BCUT2D eigenvalue weighted by atomic mass is 32.2. The maximum atomic E-state index is 12.6. The van der Waals surface area contributed by atoms with Crippen LogP contribution in [0.4, 0.5) is 0 Å². The van der Waals surface area contributed by atoms with Gasteiger partial charge in [-0.15, -0.1) is 0 Å². The fourth-order valence-corrected chi connectivity index (χ4v) is 4.31. The third kappa shape index (κ3) is 5.11. The molecule has 1 aliphatic rings. The summed E-state index contributed by atoms with van der Waals surface area (Å²) < 4.78 is 53.8. The van der Waals surface area contributed by atoms with Crippen LogP contribution in [0.25, 0.3) is 0 Å². The molecule has 0 atom stereocenters. The number of methoxy groups -OCH3 is 2. The second-order valence-electron chi connectivity index (χ2n) is 6.18. The number of nitrogens with zero attached hydrogens (tertiary/aromatic N) is 1. The van der Waals surface area contributed by atoms with E-state index < -0.39 is 10.0 Å². The molecular weight excluding hydrogens is 398 g/mol. The number of para-hydroxylation sites is 1. The zero-order valence-electron chi connectivity index (χ0n) is 16.5. The maximum absolute atomic E-state index is 12.6. The molecule has 0 aliphatic carbocycles. The predicted octanol–water partition coefficient (Wildman–Crippen LogP) is 2.18. The summed E-state index contributed by atoms with van der Waals surface area (Å²) in [6, 6.07) is 11.7. The molecule has 1 heterocycles. The number of hydrogen-bond donors (Lipinski definition) is 0. The molecule has 8 nitrogen and oxygen atoms in total. The molecule has 2 aromatic rings. The Balaban J connectivity index is 1.55. The summed E-state index contributed by atoms with van der Waals surface area (Å²) in [4.78, 5) is 0.238. The lowest BCUT2D eigenvalue weighted by Crippen LogP contribution is -2.40. The summed E-state index contributed by atoms with van der Waals surface area (Å²) >= 11 is 0. The Hall–Kier alpha value is -2.49. The zero-order valence-corrected chi connectivity index (χ0v) is 17.3. The number of hydrogen-bond acceptors (Lipinski definition) is 7. The van der Waals surface area contributed by atoms with E-state index >= 15 is 0 Å². The first kappa shape index (κ1) is 21.2. The highest BCUT2D eigenvalue weighted by Gasteiger charge is 2.26. The third-order valence-electron chi connectivity index (χ3n) is 4.41. The van der Waals surface area contributed by atoms with Gasteiger partial charge in [-0.3, -0.25) is 0 Å². The van der Waals surface area contributed by atoms with Crippen molar-refractivity contribution in [2.75, 3.05) is 53.7 Å². The second kappa shape index (κ2) is 9.82. The molecule has 158 valence electrons. The van der Waals surface area contributed by atoms with E-state index in [2.05, 4.69) is 0 Å². The van der Waals surface area contributed by atoms with Crippen LogP contribution in [0.15, 0.2) is 47.4 Å². The molecule has 1 saturated heterocycles. The van der Waals surface area contributed by atoms with Crippen molar-refractivity contribution < 1.29 is 32.1 Å². The highest BCUT2D eigenvalue weighted by molar-refractivity contribution is 7.89. The molecule has 0 N–H and O–H groups in total. The Bertz CT molecular complexity index is 871. The van der Waals surface area contributed by atoms with Crippen LogP contribution in [-0.4, -0.2) is 66.5 Å². The van der Waals surface area contributed by atoms with Crippen molar-refractivity contribution in [3.05, 3.63) is 42.5 Å². The van der Waals surface area contributed by atoms with E-state index in [0.717, 1.165) is 0 Å². The molecule has 0 saturated carbocycles. The fraction of sp³-hybridized carbons (Fsp3) is 0.400. The molecule has 9 heteroatoms. The Kier molecular flexibility index (Phi) is 7.18. The van der Waals surface area contributed by atoms with Gasteiger partial charge in [0.05, 0.1) is 32.3 Å². The van der Waals surface area contributed by atoms with Gasteiger partial charge in [0.2, 0.25) is 15.8 Å². The summed E-state index contributed by atoms with van der Waals surface area (Å²) in [5.41, 5.74) is 0. The maximum Gasteiger partial charge on any atom is 0.243 e. The Morgan fingerprint density at radius 3 is 2.07 bits per heavy atom. The second-order valence-corrected chi connectivity index (χ2v) is 8.11. The van der Waals surface area contributed by atoms with Crippen LogP contribution >= 0.6 is 0 Å². The van der Waals surface area contributed by atoms with Crippen molar-refractivity contribution in [3.63, 3.8) is 0 Å². The molecule has 0 aromatic heterocycles. The Labute approximate surface area is 170 Å². The van der Waals surface area contributed by atoms with Gasteiger partial charge in [-0.2, -0.15) is 4.31 Å². The predicted molar refractivity (Wildman–Crippen MR) is 107 cm³/mol. The lowest BCUT2D eigenvalue weighted by Gasteiger charge is -2.26. The van der Waals surface area contributed by atoms with Gasteiger partial charge in [-0.25, -0.2) is 8.42 Å². The molecule has 1 aliphatic heterocycles. The lowest BCUT2D eigenvalue weighted by molar-refractivity contribution is 0.0730. The van der Waals surface area contributed by atoms with Crippen molar-refractivity contribution >= 4 is 10.0 Å².